The predicted molar refractivity (Wildman–Crippen MR) is 120 cm³/mol. The van der Waals surface area contributed by atoms with Gasteiger partial charge in [-0.25, -0.2) is 4.63 Å². The molecular formula is C25H28N4O3. The molecule has 166 valence electrons. The van der Waals surface area contributed by atoms with Crippen LogP contribution in [-0.2, 0) is 22.6 Å². The summed E-state index contributed by atoms with van der Waals surface area (Å²) < 4.78 is 4.74. The van der Waals surface area contributed by atoms with E-state index in [2.05, 4.69) is 28.5 Å². The molecule has 1 unspecified atom stereocenters. The first-order chi connectivity index (χ1) is 15.5. The van der Waals surface area contributed by atoms with Crippen LogP contribution in [0.5, 0.6) is 0 Å². The average Bonchev–Trinajstić information content (AvgIpc) is 3.35. The van der Waals surface area contributed by atoms with Crippen LogP contribution in [0.25, 0.3) is 10.8 Å². The molecule has 0 N–H and O–H groups in total. The number of benzene rings is 2. The summed E-state index contributed by atoms with van der Waals surface area (Å²) in [6, 6.07) is 14.3. The second kappa shape index (κ2) is 8.04. The van der Waals surface area contributed by atoms with Crippen LogP contribution in [0.3, 0.4) is 0 Å². The molecule has 0 radical (unpaired) electrons. The van der Waals surface area contributed by atoms with Crippen LogP contribution in [0.4, 0.5) is 0 Å². The highest BCUT2D eigenvalue weighted by Gasteiger charge is 2.59. The zero-order chi connectivity index (χ0) is 22.3. The summed E-state index contributed by atoms with van der Waals surface area (Å²) in [5.74, 6) is 0.372. The Morgan fingerprint density at radius 1 is 1.12 bits per heavy atom. The summed E-state index contributed by atoms with van der Waals surface area (Å²) in [4.78, 5) is 29.7. The van der Waals surface area contributed by atoms with Gasteiger partial charge in [-0.15, -0.1) is 0 Å². The molecule has 7 heteroatoms. The van der Waals surface area contributed by atoms with Gasteiger partial charge in [-0.05, 0) is 47.9 Å². The van der Waals surface area contributed by atoms with Crippen molar-refractivity contribution in [3.63, 3.8) is 0 Å². The van der Waals surface area contributed by atoms with Gasteiger partial charge in [0, 0.05) is 26.1 Å². The number of carbonyl (C=O) groups is 2. The van der Waals surface area contributed by atoms with Crippen LogP contribution >= 0.6 is 0 Å². The lowest BCUT2D eigenvalue weighted by Crippen LogP contribution is -2.41. The molecule has 1 aromatic heterocycles. The number of fused-ring (bicyclic) bond motifs is 1. The van der Waals surface area contributed by atoms with Gasteiger partial charge >= 0.3 is 0 Å². The molecule has 1 saturated heterocycles. The van der Waals surface area contributed by atoms with Gasteiger partial charge in [0.05, 0.1) is 13.0 Å². The SMILES string of the molecule is Cc1nonc1CN(C)C(=O)C1CC12CCN(C(=O)Cc1cccc3ccccc13)CC2. The Morgan fingerprint density at radius 3 is 2.62 bits per heavy atom. The minimum absolute atomic E-state index is 0.0444. The van der Waals surface area contributed by atoms with E-state index in [1.54, 1.807) is 4.90 Å². The molecule has 1 aliphatic carbocycles. The van der Waals surface area contributed by atoms with Crippen molar-refractivity contribution in [2.45, 2.75) is 39.2 Å². The van der Waals surface area contributed by atoms with Crippen molar-refractivity contribution in [2.75, 3.05) is 20.1 Å². The highest BCUT2D eigenvalue weighted by Crippen LogP contribution is 2.60. The van der Waals surface area contributed by atoms with Crippen LogP contribution in [-0.4, -0.2) is 52.1 Å². The lowest BCUT2D eigenvalue weighted by Gasteiger charge is -2.33. The summed E-state index contributed by atoms with van der Waals surface area (Å²) >= 11 is 0. The van der Waals surface area contributed by atoms with Crippen molar-refractivity contribution >= 4 is 22.6 Å². The highest BCUT2D eigenvalue weighted by molar-refractivity contribution is 5.90. The van der Waals surface area contributed by atoms with Gasteiger partial charge in [0.15, 0.2) is 0 Å². The maximum absolute atomic E-state index is 13.0. The summed E-state index contributed by atoms with van der Waals surface area (Å²) in [6.07, 6.45) is 3.12. The standard InChI is InChI=1S/C25H28N4O3/c1-17-22(27-32-26-17)16-28(2)24(31)21-15-25(21)10-12-29(13-11-25)23(30)14-19-8-5-7-18-6-3-4-9-20(18)19/h3-9,21H,10-16H2,1-2H3. The van der Waals surface area contributed by atoms with Crippen molar-refractivity contribution in [1.82, 2.24) is 20.1 Å². The zero-order valence-corrected chi connectivity index (χ0v) is 18.6. The molecule has 2 heterocycles. The lowest BCUT2D eigenvalue weighted by molar-refractivity contribution is -0.134. The number of likely N-dealkylation sites (tertiary alicyclic amines) is 1. The van der Waals surface area contributed by atoms with Crippen LogP contribution in [0.2, 0.25) is 0 Å². The normalized spacial score (nSPS) is 19.3. The fourth-order valence-electron chi connectivity index (χ4n) is 5.13. The van der Waals surface area contributed by atoms with E-state index >= 15 is 0 Å². The van der Waals surface area contributed by atoms with Crippen LogP contribution < -0.4 is 0 Å². The fraction of sp³-hybridized carbons (Fsp3) is 0.440. The number of aromatic nitrogens is 2. The molecule has 1 atom stereocenters. The summed E-state index contributed by atoms with van der Waals surface area (Å²) in [6.45, 7) is 3.69. The Bertz CT molecular complexity index is 1160. The van der Waals surface area contributed by atoms with Gasteiger partial charge in [0.2, 0.25) is 11.8 Å². The summed E-state index contributed by atoms with van der Waals surface area (Å²) in [7, 11) is 1.81. The average molecular weight is 433 g/mol. The van der Waals surface area contributed by atoms with Crippen molar-refractivity contribution in [1.29, 1.82) is 0 Å². The van der Waals surface area contributed by atoms with E-state index in [1.165, 1.54) is 0 Å². The number of aryl methyl sites for hydroxylation is 1. The maximum Gasteiger partial charge on any atom is 0.227 e. The number of carbonyl (C=O) groups excluding carboxylic acids is 2. The van der Waals surface area contributed by atoms with E-state index in [0.717, 1.165) is 48.7 Å². The number of piperidine rings is 1. The number of rotatable bonds is 5. The third kappa shape index (κ3) is 3.76. The molecule has 7 nitrogen and oxygen atoms in total. The molecule has 2 amide bonds. The molecular weight excluding hydrogens is 404 g/mol. The molecule has 0 bridgehead atoms. The second-order valence-corrected chi connectivity index (χ2v) is 9.31. The number of hydrogen-bond donors (Lipinski definition) is 0. The van der Waals surface area contributed by atoms with Gasteiger partial charge in [-0.2, -0.15) is 0 Å². The molecule has 1 saturated carbocycles. The molecule has 2 fully saturated rings. The molecule has 2 aromatic carbocycles. The molecule has 32 heavy (non-hydrogen) atoms. The first-order valence-electron chi connectivity index (χ1n) is 11.2. The smallest absolute Gasteiger partial charge is 0.227 e. The predicted octanol–water partition coefficient (Wildman–Crippen LogP) is 3.36. The van der Waals surface area contributed by atoms with E-state index in [0.29, 0.717) is 24.4 Å². The molecule has 1 spiro atoms. The summed E-state index contributed by atoms with van der Waals surface area (Å²) in [5, 5.41) is 9.97. The van der Waals surface area contributed by atoms with Gasteiger partial charge < -0.3 is 9.80 Å². The van der Waals surface area contributed by atoms with Gasteiger partial charge in [0.25, 0.3) is 0 Å². The Labute approximate surface area is 187 Å². The topological polar surface area (TPSA) is 79.5 Å². The Morgan fingerprint density at radius 2 is 1.88 bits per heavy atom. The van der Waals surface area contributed by atoms with E-state index in [9.17, 15) is 9.59 Å². The van der Waals surface area contributed by atoms with E-state index in [4.69, 9.17) is 4.63 Å². The Balaban J connectivity index is 1.17. The van der Waals surface area contributed by atoms with Crippen LogP contribution in [0.15, 0.2) is 47.1 Å². The molecule has 5 rings (SSSR count). The second-order valence-electron chi connectivity index (χ2n) is 9.31. The minimum Gasteiger partial charge on any atom is -0.342 e. The van der Waals surface area contributed by atoms with E-state index < -0.39 is 0 Å². The van der Waals surface area contributed by atoms with E-state index in [-0.39, 0.29) is 23.1 Å². The zero-order valence-electron chi connectivity index (χ0n) is 18.6. The number of nitrogens with zero attached hydrogens (tertiary/aromatic N) is 4. The third-order valence-electron chi connectivity index (χ3n) is 7.33. The molecule has 3 aromatic rings. The van der Waals surface area contributed by atoms with Crippen LogP contribution in [0.1, 0.15) is 36.2 Å². The quantitative estimate of drug-likeness (QED) is 0.618. The first kappa shape index (κ1) is 20.7. The molecule has 2 aliphatic rings. The first-order valence-corrected chi connectivity index (χ1v) is 11.2. The van der Waals surface area contributed by atoms with Gasteiger partial charge in [0.1, 0.15) is 11.4 Å². The monoisotopic (exact) mass is 432 g/mol. The maximum atomic E-state index is 13.0. The summed E-state index contributed by atoms with van der Waals surface area (Å²) in [5.41, 5.74) is 2.54. The van der Waals surface area contributed by atoms with Crippen molar-refractivity contribution < 1.29 is 14.2 Å². The largest absolute Gasteiger partial charge is 0.342 e. The highest BCUT2D eigenvalue weighted by atomic mass is 16.6. The lowest BCUT2D eigenvalue weighted by atomic mass is 9.90. The number of hydrogen-bond acceptors (Lipinski definition) is 5. The van der Waals surface area contributed by atoms with Crippen molar-refractivity contribution in [2.24, 2.45) is 11.3 Å². The van der Waals surface area contributed by atoms with Crippen molar-refractivity contribution in [3.05, 3.63) is 59.4 Å². The fourth-order valence-corrected chi connectivity index (χ4v) is 5.13. The third-order valence-corrected chi connectivity index (χ3v) is 7.33. The van der Waals surface area contributed by atoms with Crippen LogP contribution in [0, 0.1) is 18.3 Å². The Kier molecular flexibility index (Phi) is 5.19. The number of amides is 2. The Hall–Kier alpha value is -3.22. The van der Waals surface area contributed by atoms with E-state index in [1.807, 2.05) is 43.1 Å². The molecule has 1 aliphatic heterocycles. The minimum atomic E-state index is 0.0444. The van der Waals surface area contributed by atoms with Gasteiger partial charge in [-0.1, -0.05) is 52.8 Å². The van der Waals surface area contributed by atoms with Crippen molar-refractivity contribution in [3.8, 4) is 0 Å². The van der Waals surface area contributed by atoms with Gasteiger partial charge in [-0.3, -0.25) is 9.59 Å².